The van der Waals surface area contributed by atoms with Crippen molar-refractivity contribution >= 4 is 0 Å². The van der Waals surface area contributed by atoms with E-state index in [1.165, 1.54) is 12.0 Å². The molecule has 1 aromatic heterocycles. The van der Waals surface area contributed by atoms with Gasteiger partial charge in [0.25, 0.3) is 0 Å². The smallest absolute Gasteiger partial charge is 0.0762 e. The molecule has 0 amide bonds. The van der Waals surface area contributed by atoms with E-state index in [-0.39, 0.29) is 0 Å². The van der Waals surface area contributed by atoms with Crippen LogP contribution in [0.25, 0.3) is 0 Å². The Morgan fingerprint density at radius 1 is 1.26 bits per heavy atom. The van der Waals surface area contributed by atoms with E-state index in [4.69, 9.17) is 0 Å². The van der Waals surface area contributed by atoms with Crippen molar-refractivity contribution in [1.29, 1.82) is 0 Å². The van der Waals surface area contributed by atoms with Crippen LogP contribution in [0.1, 0.15) is 43.5 Å². The van der Waals surface area contributed by atoms with Crippen LogP contribution in [0.3, 0.4) is 0 Å². The van der Waals surface area contributed by atoms with Crippen LogP contribution in [0, 0.1) is 0 Å². The number of nitrogens with one attached hydrogen (secondary N) is 1. The molecule has 2 unspecified atom stereocenters. The molecule has 19 heavy (non-hydrogen) atoms. The molecule has 1 aromatic carbocycles. The number of hydrogen-bond donors (Lipinski definition) is 1. The van der Waals surface area contributed by atoms with Gasteiger partial charge in [-0.05, 0) is 31.9 Å². The molecule has 1 saturated carbocycles. The average Bonchev–Trinajstić information content (AvgIpc) is 3.05. The third kappa shape index (κ3) is 2.87. The highest BCUT2D eigenvalue weighted by Crippen LogP contribution is 2.40. The van der Waals surface area contributed by atoms with Gasteiger partial charge in [-0.15, -0.1) is 0 Å². The van der Waals surface area contributed by atoms with Gasteiger partial charge in [-0.2, -0.15) is 5.10 Å². The highest BCUT2D eigenvalue weighted by Gasteiger charge is 2.37. The Hall–Kier alpha value is -1.61. The Bertz CT molecular complexity index is 530. The molecule has 0 aliphatic heterocycles. The number of nitrogens with zero attached hydrogens (tertiary/aromatic N) is 2. The largest absolute Gasteiger partial charge is 0.308 e. The van der Waals surface area contributed by atoms with Crippen molar-refractivity contribution in [3.63, 3.8) is 0 Å². The third-order valence-electron chi connectivity index (χ3n) is 3.76. The summed E-state index contributed by atoms with van der Waals surface area (Å²) in [5, 5.41) is 8.16. The van der Waals surface area contributed by atoms with Crippen LogP contribution in [-0.4, -0.2) is 15.8 Å². The molecule has 0 bridgehead atoms. The van der Waals surface area contributed by atoms with Gasteiger partial charge in [0.1, 0.15) is 0 Å². The normalized spacial score (nSPS) is 21.8. The monoisotopic (exact) mass is 255 g/mol. The number of aromatic nitrogens is 2. The zero-order chi connectivity index (χ0) is 13.2. The van der Waals surface area contributed by atoms with E-state index < -0.39 is 0 Å². The second-order valence-electron chi connectivity index (χ2n) is 5.62. The van der Waals surface area contributed by atoms with Crippen molar-refractivity contribution in [3.8, 4) is 0 Å². The van der Waals surface area contributed by atoms with Crippen molar-refractivity contribution in [1.82, 2.24) is 15.1 Å². The zero-order valence-corrected chi connectivity index (χ0v) is 11.6. The van der Waals surface area contributed by atoms with Crippen LogP contribution in [0.15, 0.2) is 42.6 Å². The summed E-state index contributed by atoms with van der Waals surface area (Å²) in [4.78, 5) is 0. The quantitative estimate of drug-likeness (QED) is 0.889. The summed E-state index contributed by atoms with van der Waals surface area (Å²) in [7, 11) is 0. The van der Waals surface area contributed by atoms with E-state index >= 15 is 0 Å². The number of benzene rings is 1. The molecule has 2 aromatic rings. The Morgan fingerprint density at radius 2 is 2.05 bits per heavy atom. The minimum Gasteiger partial charge on any atom is -0.308 e. The summed E-state index contributed by atoms with van der Waals surface area (Å²) in [6.45, 7) is 5.17. The van der Waals surface area contributed by atoms with E-state index in [1.54, 1.807) is 0 Å². The van der Waals surface area contributed by atoms with Crippen molar-refractivity contribution in [2.24, 2.45) is 0 Å². The van der Waals surface area contributed by atoms with Crippen LogP contribution < -0.4 is 5.32 Å². The summed E-state index contributed by atoms with van der Waals surface area (Å²) < 4.78 is 2.01. The predicted octanol–water partition coefficient (Wildman–Crippen LogP) is 3.11. The van der Waals surface area contributed by atoms with Gasteiger partial charge in [0.05, 0.1) is 5.69 Å². The van der Waals surface area contributed by atoms with Crippen LogP contribution in [0.2, 0.25) is 0 Å². The SMILES string of the molecule is CC(C)n1ccc(CNC2CC2c2ccccc2)n1. The molecule has 1 fully saturated rings. The molecule has 1 heterocycles. The molecule has 0 spiro atoms. The summed E-state index contributed by atoms with van der Waals surface area (Å²) in [6.07, 6.45) is 3.30. The van der Waals surface area contributed by atoms with Crippen molar-refractivity contribution in [2.45, 2.75) is 44.8 Å². The topological polar surface area (TPSA) is 29.9 Å². The van der Waals surface area contributed by atoms with E-state index in [1.807, 2.05) is 4.68 Å². The fourth-order valence-corrected chi connectivity index (χ4v) is 2.48. The molecule has 1 aliphatic rings. The first kappa shape index (κ1) is 12.4. The summed E-state index contributed by atoms with van der Waals surface area (Å²) >= 11 is 0. The lowest BCUT2D eigenvalue weighted by Crippen LogP contribution is -2.18. The van der Waals surface area contributed by atoms with Crippen LogP contribution in [0.5, 0.6) is 0 Å². The molecule has 1 N–H and O–H groups in total. The fourth-order valence-electron chi connectivity index (χ4n) is 2.48. The van der Waals surface area contributed by atoms with Gasteiger partial charge in [-0.3, -0.25) is 4.68 Å². The molecular formula is C16H21N3. The van der Waals surface area contributed by atoms with E-state index in [0.717, 1.165) is 12.2 Å². The molecule has 2 atom stereocenters. The lowest BCUT2D eigenvalue weighted by molar-refractivity contribution is 0.521. The maximum atomic E-state index is 4.56. The second-order valence-corrected chi connectivity index (χ2v) is 5.62. The minimum atomic E-state index is 0.437. The molecule has 0 radical (unpaired) electrons. The molecule has 1 aliphatic carbocycles. The van der Waals surface area contributed by atoms with Gasteiger partial charge >= 0.3 is 0 Å². The van der Waals surface area contributed by atoms with Gasteiger partial charge in [0.15, 0.2) is 0 Å². The zero-order valence-electron chi connectivity index (χ0n) is 11.6. The lowest BCUT2D eigenvalue weighted by Gasteiger charge is -2.05. The van der Waals surface area contributed by atoms with Gasteiger partial charge in [-0.1, -0.05) is 30.3 Å². The summed E-state index contributed by atoms with van der Waals surface area (Å²) in [6, 6.07) is 13.9. The Kier molecular flexibility index (Phi) is 3.38. The van der Waals surface area contributed by atoms with Crippen LogP contribution in [0.4, 0.5) is 0 Å². The van der Waals surface area contributed by atoms with Crippen molar-refractivity contribution in [3.05, 3.63) is 53.9 Å². The molecule has 100 valence electrons. The van der Waals surface area contributed by atoms with Crippen molar-refractivity contribution < 1.29 is 0 Å². The second kappa shape index (κ2) is 5.17. The molecule has 3 rings (SSSR count). The summed E-state index contributed by atoms with van der Waals surface area (Å²) in [5.41, 5.74) is 2.58. The molecule has 0 saturated heterocycles. The van der Waals surface area contributed by atoms with E-state index in [0.29, 0.717) is 18.0 Å². The predicted molar refractivity (Wildman–Crippen MR) is 77.0 cm³/mol. The van der Waals surface area contributed by atoms with Crippen LogP contribution >= 0.6 is 0 Å². The highest BCUT2D eigenvalue weighted by molar-refractivity contribution is 5.27. The molecule has 3 heteroatoms. The Morgan fingerprint density at radius 3 is 2.74 bits per heavy atom. The number of rotatable bonds is 5. The van der Waals surface area contributed by atoms with Gasteiger partial charge in [0.2, 0.25) is 0 Å². The summed E-state index contributed by atoms with van der Waals surface area (Å²) in [5.74, 6) is 0.688. The van der Waals surface area contributed by atoms with Gasteiger partial charge < -0.3 is 5.32 Å². The van der Waals surface area contributed by atoms with Crippen molar-refractivity contribution in [2.75, 3.05) is 0 Å². The molecular weight excluding hydrogens is 234 g/mol. The fraction of sp³-hybridized carbons (Fsp3) is 0.438. The molecule has 3 nitrogen and oxygen atoms in total. The van der Waals surface area contributed by atoms with Gasteiger partial charge in [-0.25, -0.2) is 0 Å². The minimum absolute atomic E-state index is 0.437. The Labute approximate surface area is 114 Å². The maximum Gasteiger partial charge on any atom is 0.0762 e. The van der Waals surface area contributed by atoms with Crippen LogP contribution in [-0.2, 0) is 6.54 Å². The highest BCUT2D eigenvalue weighted by atomic mass is 15.3. The third-order valence-corrected chi connectivity index (χ3v) is 3.76. The first-order valence-corrected chi connectivity index (χ1v) is 7.06. The first-order chi connectivity index (χ1) is 9.24. The average molecular weight is 255 g/mol. The van der Waals surface area contributed by atoms with E-state index in [2.05, 4.69) is 66.9 Å². The number of hydrogen-bond acceptors (Lipinski definition) is 2. The first-order valence-electron chi connectivity index (χ1n) is 7.06. The maximum absolute atomic E-state index is 4.56. The lowest BCUT2D eigenvalue weighted by atomic mass is 10.1. The Balaban J connectivity index is 1.51. The standard InChI is InChI=1S/C16H21N3/c1-12(2)19-9-8-14(18-19)11-17-16-10-15(16)13-6-4-3-5-7-13/h3-9,12,15-17H,10-11H2,1-2H3. The van der Waals surface area contributed by atoms with Gasteiger partial charge in [0, 0.05) is 30.7 Å². The van der Waals surface area contributed by atoms with E-state index in [9.17, 15) is 0 Å².